The molecule has 27 heteroatoms. The number of carbonyl (C=O) groups excluding carboxylic acids is 11. The van der Waals surface area contributed by atoms with Gasteiger partial charge in [-0.25, -0.2) is 14.4 Å². The van der Waals surface area contributed by atoms with Crippen molar-refractivity contribution in [2.24, 2.45) is 23.7 Å². The normalized spacial score (nSPS) is 18.9. The van der Waals surface area contributed by atoms with Crippen molar-refractivity contribution in [2.75, 3.05) is 64.8 Å². The lowest BCUT2D eigenvalue weighted by Gasteiger charge is -2.39. The van der Waals surface area contributed by atoms with Crippen LogP contribution >= 0.6 is 11.8 Å². The van der Waals surface area contributed by atoms with Crippen LogP contribution in [0, 0.1) is 23.7 Å². The molecule has 95 heavy (non-hydrogen) atoms. The maximum atomic E-state index is 14.3. The number of esters is 3. The van der Waals surface area contributed by atoms with E-state index in [1.807, 2.05) is 32.0 Å². The van der Waals surface area contributed by atoms with Crippen molar-refractivity contribution in [1.82, 2.24) is 36.0 Å². The Morgan fingerprint density at radius 1 is 0.726 bits per heavy atom. The van der Waals surface area contributed by atoms with Crippen LogP contribution in [0.25, 0.3) is 0 Å². The molecule has 1 saturated heterocycles. The van der Waals surface area contributed by atoms with Gasteiger partial charge >= 0.3 is 24.0 Å². The molecule has 0 spiro atoms. The van der Waals surface area contributed by atoms with Gasteiger partial charge in [0, 0.05) is 77.7 Å². The van der Waals surface area contributed by atoms with Crippen molar-refractivity contribution in [1.29, 1.82) is 0 Å². The first kappa shape index (κ1) is 79.6. The van der Waals surface area contributed by atoms with E-state index in [1.54, 1.807) is 89.9 Å². The lowest BCUT2D eigenvalue weighted by molar-refractivity contribution is -0.165. The fraction of sp³-hybridized carbons (Fsp3) is 0.603. The van der Waals surface area contributed by atoms with Crippen molar-refractivity contribution in [2.45, 2.75) is 180 Å². The van der Waals surface area contributed by atoms with E-state index in [2.05, 4.69) is 39.7 Å². The van der Waals surface area contributed by atoms with Crippen LogP contribution in [-0.2, 0) is 83.0 Å². The molecule has 1 aliphatic carbocycles. The summed E-state index contributed by atoms with van der Waals surface area (Å²) in [6.07, 6.45) is -0.834. The molecule has 2 fully saturated rings. The minimum atomic E-state index is -1.05. The van der Waals surface area contributed by atoms with Crippen molar-refractivity contribution < 1.29 is 86.3 Å². The number of aliphatic hydroxyl groups is 1. The Labute approximate surface area is 562 Å². The molecule has 13 atom stereocenters. The van der Waals surface area contributed by atoms with Crippen molar-refractivity contribution >= 4 is 82.8 Å². The van der Waals surface area contributed by atoms with Crippen LogP contribution in [0.5, 0.6) is 0 Å². The number of benzene rings is 2. The summed E-state index contributed by atoms with van der Waals surface area (Å²) in [5.41, 5.74) is 1.58. The number of carbonyl (C=O) groups is 11. The summed E-state index contributed by atoms with van der Waals surface area (Å²) in [6, 6.07) is 11.8. The maximum Gasteiger partial charge on any atom is 0.410 e. The molecular formula is C68H100N8O18S. The molecule has 1 heterocycles. The second kappa shape index (κ2) is 39.9. The number of anilines is 1. The van der Waals surface area contributed by atoms with Gasteiger partial charge in [-0.05, 0) is 60.8 Å². The minimum Gasteiger partial charge on any atom is -0.462 e. The average Bonchev–Trinajstić information content (AvgIpc) is 1.79. The van der Waals surface area contributed by atoms with Crippen LogP contribution in [0.3, 0.4) is 0 Å². The highest BCUT2D eigenvalue weighted by Gasteiger charge is 2.43. The molecule has 0 aromatic heterocycles. The molecule has 526 valence electrons. The van der Waals surface area contributed by atoms with Gasteiger partial charge in [-0.2, -0.15) is 11.8 Å². The minimum absolute atomic E-state index is 0.0596. The SMILES string of the molecule is C=CC(=O)O[C@@H]1C[C@H](OC(=O)C=C)C[C@H](OC(=O)CCSCC(=O)NC(C(=O)NCC(=O)Nc2ccc(COC(=O)N(C)C(C(=O)NCC(=O)N(C)C([C@H](C)CC)[C@@H](CC(=O)N3CCC[C@H]3[C@H](OC)[C@@H](C)C(=O)N[C@H](C)[C@@H](O)c3ccccc3)OC)C(C)C)cc2)C(C)C)C1. The molecular weight excluding hydrogens is 1250 g/mol. The molecule has 2 aromatic rings. The summed E-state index contributed by atoms with van der Waals surface area (Å²) < 4.78 is 33.7. The number of methoxy groups -OCH3 is 2. The first-order valence-corrected chi connectivity index (χ1v) is 33.4. The van der Waals surface area contributed by atoms with E-state index in [-0.39, 0.29) is 73.9 Å². The number of hydrogen-bond donors (Lipinski definition) is 6. The van der Waals surface area contributed by atoms with Gasteiger partial charge < -0.3 is 69.9 Å². The Bertz CT molecular complexity index is 2890. The van der Waals surface area contributed by atoms with Crippen molar-refractivity contribution in [3.8, 4) is 0 Å². The number of likely N-dealkylation sites (tertiary alicyclic amines) is 1. The Hall–Kier alpha value is -7.88. The van der Waals surface area contributed by atoms with Crippen LogP contribution < -0.4 is 26.6 Å². The number of ether oxygens (including phenoxy) is 6. The van der Waals surface area contributed by atoms with E-state index in [1.165, 1.54) is 26.2 Å². The number of nitrogens with one attached hydrogen (secondary N) is 5. The van der Waals surface area contributed by atoms with E-state index in [0.717, 1.165) is 28.8 Å². The predicted octanol–water partition coefficient (Wildman–Crippen LogP) is 5.16. The van der Waals surface area contributed by atoms with Crippen LogP contribution in [0.4, 0.5) is 10.5 Å². The molecule has 2 aliphatic rings. The number of nitrogens with zero attached hydrogens (tertiary/aromatic N) is 3. The van der Waals surface area contributed by atoms with E-state index < -0.39 is 145 Å². The molecule has 0 bridgehead atoms. The molecule has 4 rings (SSSR count). The highest BCUT2D eigenvalue weighted by atomic mass is 32.2. The Kier molecular flexibility index (Phi) is 33.4. The first-order chi connectivity index (χ1) is 45.1. The summed E-state index contributed by atoms with van der Waals surface area (Å²) >= 11 is 1.14. The van der Waals surface area contributed by atoms with E-state index >= 15 is 0 Å². The summed E-state index contributed by atoms with van der Waals surface area (Å²) in [7, 11) is 6.01. The van der Waals surface area contributed by atoms with E-state index in [4.69, 9.17) is 28.4 Å². The van der Waals surface area contributed by atoms with Gasteiger partial charge in [0.05, 0.1) is 74.0 Å². The molecule has 0 radical (unpaired) electrons. The largest absolute Gasteiger partial charge is 0.462 e. The summed E-state index contributed by atoms with van der Waals surface area (Å²) in [5, 5.41) is 24.5. The monoisotopic (exact) mass is 1350 g/mol. The van der Waals surface area contributed by atoms with Gasteiger partial charge in [0.25, 0.3) is 0 Å². The Morgan fingerprint density at radius 3 is 1.88 bits per heavy atom. The molecule has 2 aromatic carbocycles. The molecule has 3 unspecified atom stereocenters. The predicted molar refractivity (Wildman–Crippen MR) is 355 cm³/mol. The van der Waals surface area contributed by atoms with Gasteiger partial charge in [-0.3, -0.25) is 43.3 Å². The topological polar surface area (TPSA) is 333 Å². The number of rotatable bonds is 37. The summed E-state index contributed by atoms with van der Waals surface area (Å²) in [5.74, 6) is -6.64. The zero-order valence-corrected chi connectivity index (χ0v) is 57.8. The maximum absolute atomic E-state index is 14.3. The zero-order chi connectivity index (χ0) is 70.6. The Morgan fingerprint density at radius 2 is 1.33 bits per heavy atom. The standard InChI is InChI=1S/C68H100N8O18S/c1-15-42(8)62(52(89-13)35-55(79)76-30-21-24-51(76)64(90-14)43(9)65(85)71-44(10)63(84)46-22-19-18-20-23-46)74(11)56(80)37-70-67(87)61(41(6)7)75(12)68(88)91-38-45-25-27-47(28-26-45)72-53(77)36-69-66(86)60(40(4)5)73-54(78)39-95-31-29-59(83)94-50-33-48(92-57(81)16-2)32-49(34-50)93-58(82)17-3/h16-20,22-23,25-28,40-44,48-52,60-64,84H,2-3,15,21,24,29-39H2,1,4-14H3,(H,69,86)(H,70,87)(H,71,85)(H,72,77)(H,73,78)/t42-,43-,44-,48-,49+,50-,51+,52-,60?,61?,62?,63-,64-/m1/s1. The smallest absolute Gasteiger partial charge is 0.410 e. The second-order valence-electron chi connectivity index (χ2n) is 24.8. The number of aliphatic hydroxyl groups excluding tert-OH is 1. The van der Waals surface area contributed by atoms with Gasteiger partial charge in [0.2, 0.25) is 41.4 Å². The molecule has 8 amide bonds. The van der Waals surface area contributed by atoms with Gasteiger partial charge in [0.15, 0.2) is 0 Å². The number of likely N-dealkylation sites (N-methyl/N-ethyl adjacent to an activating group) is 2. The number of hydrogen-bond acceptors (Lipinski definition) is 19. The van der Waals surface area contributed by atoms with Gasteiger partial charge in [0.1, 0.15) is 37.0 Å². The summed E-state index contributed by atoms with van der Waals surface area (Å²) in [6.45, 7) is 20.5. The third-order valence-corrected chi connectivity index (χ3v) is 18.0. The highest BCUT2D eigenvalue weighted by Crippen LogP contribution is 2.31. The van der Waals surface area contributed by atoms with Crippen LogP contribution in [0.2, 0.25) is 0 Å². The Balaban J connectivity index is 1.22. The average molecular weight is 1350 g/mol. The van der Waals surface area contributed by atoms with Gasteiger partial charge in [-0.1, -0.05) is 111 Å². The van der Waals surface area contributed by atoms with Gasteiger partial charge in [-0.15, -0.1) is 0 Å². The van der Waals surface area contributed by atoms with Crippen LogP contribution in [0.1, 0.15) is 124 Å². The highest BCUT2D eigenvalue weighted by molar-refractivity contribution is 7.99. The first-order valence-electron chi connectivity index (χ1n) is 32.3. The quantitative estimate of drug-likeness (QED) is 0.0220. The van der Waals surface area contributed by atoms with Crippen LogP contribution in [-0.4, -0.2) is 205 Å². The lowest BCUT2D eigenvalue weighted by atomic mass is 9.90. The van der Waals surface area contributed by atoms with Crippen molar-refractivity contribution in [3.05, 3.63) is 91.0 Å². The fourth-order valence-corrected chi connectivity index (χ4v) is 12.5. The zero-order valence-electron chi connectivity index (χ0n) is 57.0. The molecule has 1 saturated carbocycles. The number of amides is 8. The number of thioether (sulfide) groups is 1. The second-order valence-corrected chi connectivity index (χ2v) is 25.9. The fourth-order valence-electron chi connectivity index (χ4n) is 11.7. The lowest BCUT2D eigenvalue weighted by Crippen LogP contribution is -2.56. The molecule has 6 N–H and O–H groups in total. The molecule has 26 nitrogen and oxygen atoms in total. The third-order valence-electron chi connectivity index (χ3n) is 17.1. The summed E-state index contributed by atoms with van der Waals surface area (Å²) in [4.78, 5) is 149. The molecule has 1 aliphatic heterocycles. The third kappa shape index (κ3) is 25.0. The van der Waals surface area contributed by atoms with Crippen molar-refractivity contribution in [3.63, 3.8) is 0 Å². The van der Waals surface area contributed by atoms with E-state index in [0.29, 0.717) is 42.6 Å². The van der Waals surface area contributed by atoms with Crippen LogP contribution in [0.15, 0.2) is 79.9 Å². The van der Waals surface area contributed by atoms with E-state index in [9.17, 15) is 57.8 Å².